The first kappa shape index (κ1) is 9.63. The van der Waals surface area contributed by atoms with Crippen molar-refractivity contribution >= 4 is 29.3 Å². The Bertz CT molecular complexity index is 290. The summed E-state index contributed by atoms with van der Waals surface area (Å²) < 4.78 is 0. The standard InChI is InChI=1S/C10H10Cl2/c1-8(7-11)6-9-4-2-3-5-10(9)12/h2-6H,7H2,1H3/b8-6-. The lowest BCUT2D eigenvalue weighted by atomic mass is 10.1. The molecule has 0 nitrogen and oxygen atoms in total. The Kier molecular flexibility index (Phi) is 3.64. The van der Waals surface area contributed by atoms with Crippen molar-refractivity contribution in [3.63, 3.8) is 0 Å². The highest BCUT2D eigenvalue weighted by atomic mass is 35.5. The van der Waals surface area contributed by atoms with Gasteiger partial charge in [-0.25, -0.2) is 0 Å². The van der Waals surface area contributed by atoms with Gasteiger partial charge in [0.15, 0.2) is 0 Å². The van der Waals surface area contributed by atoms with Gasteiger partial charge in [0.05, 0.1) is 0 Å². The molecule has 64 valence electrons. The highest BCUT2D eigenvalue weighted by Gasteiger charge is 1.94. The molecule has 0 saturated heterocycles. The summed E-state index contributed by atoms with van der Waals surface area (Å²) in [7, 11) is 0. The fourth-order valence-electron chi connectivity index (χ4n) is 0.896. The summed E-state index contributed by atoms with van der Waals surface area (Å²) in [6.45, 7) is 1.98. The molecule has 0 spiro atoms. The monoisotopic (exact) mass is 200 g/mol. The second-order valence-electron chi connectivity index (χ2n) is 2.65. The summed E-state index contributed by atoms with van der Waals surface area (Å²) in [5.74, 6) is 0.547. The van der Waals surface area contributed by atoms with Crippen LogP contribution in [0.15, 0.2) is 29.8 Å². The Balaban J connectivity index is 2.96. The van der Waals surface area contributed by atoms with E-state index in [-0.39, 0.29) is 0 Å². The molecule has 1 rings (SSSR count). The molecule has 0 N–H and O–H groups in total. The van der Waals surface area contributed by atoms with E-state index in [1.54, 1.807) is 0 Å². The fourth-order valence-corrected chi connectivity index (χ4v) is 1.16. The van der Waals surface area contributed by atoms with Crippen LogP contribution < -0.4 is 0 Å². The third-order valence-electron chi connectivity index (χ3n) is 1.52. The minimum Gasteiger partial charge on any atom is -0.122 e. The number of halogens is 2. The third-order valence-corrected chi connectivity index (χ3v) is 2.28. The molecule has 0 aromatic heterocycles. The van der Waals surface area contributed by atoms with Crippen LogP contribution in [0.25, 0.3) is 6.08 Å². The Labute approximate surface area is 82.8 Å². The van der Waals surface area contributed by atoms with Gasteiger partial charge in [-0.3, -0.25) is 0 Å². The van der Waals surface area contributed by atoms with Crippen molar-refractivity contribution < 1.29 is 0 Å². The van der Waals surface area contributed by atoms with E-state index in [0.29, 0.717) is 5.88 Å². The van der Waals surface area contributed by atoms with Gasteiger partial charge in [-0.05, 0) is 18.6 Å². The topological polar surface area (TPSA) is 0 Å². The van der Waals surface area contributed by atoms with Crippen LogP contribution in [0.5, 0.6) is 0 Å². The van der Waals surface area contributed by atoms with Crippen LogP contribution in [0.4, 0.5) is 0 Å². The minimum absolute atomic E-state index is 0.547. The van der Waals surface area contributed by atoms with Crippen molar-refractivity contribution in [3.8, 4) is 0 Å². The molecular weight excluding hydrogens is 191 g/mol. The number of hydrogen-bond donors (Lipinski definition) is 0. The first-order valence-corrected chi connectivity index (χ1v) is 4.63. The Morgan fingerprint density at radius 1 is 1.42 bits per heavy atom. The van der Waals surface area contributed by atoms with Crippen molar-refractivity contribution in [2.45, 2.75) is 6.92 Å². The first-order valence-electron chi connectivity index (χ1n) is 3.71. The minimum atomic E-state index is 0.547. The van der Waals surface area contributed by atoms with E-state index in [0.717, 1.165) is 16.2 Å². The SMILES string of the molecule is C/C(=C/c1ccccc1Cl)CCl. The molecule has 0 aliphatic heterocycles. The lowest BCUT2D eigenvalue weighted by Gasteiger charge is -1.98. The first-order chi connectivity index (χ1) is 5.74. The average Bonchev–Trinajstić information content (AvgIpc) is 2.09. The molecule has 12 heavy (non-hydrogen) atoms. The van der Waals surface area contributed by atoms with Crippen LogP contribution in [0.2, 0.25) is 5.02 Å². The van der Waals surface area contributed by atoms with E-state index in [1.165, 1.54) is 0 Å². The fraction of sp³-hybridized carbons (Fsp3) is 0.200. The lowest BCUT2D eigenvalue weighted by Crippen LogP contribution is -1.79. The van der Waals surface area contributed by atoms with Gasteiger partial charge in [0.1, 0.15) is 0 Å². The van der Waals surface area contributed by atoms with E-state index in [2.05, 4.69) is 0 Å². The average molecular weight is 201 g/mol. The van der Waals surface area contributed by atoms with E-state index >= 15 is 0 Å². The second kappa shape index (κ2) is 4.54. The summed E-state index contributed by atoms with van der Waals surface area (Å²) in [5, 5.41) is 0.766. The number of allylic oxidation sites excluding steroid dienone is 1. The molecule has 0 fully saturated rings. The Hall–Kier alpha value is -0.460. The predicted octanol–water partition coefficient (Wildman–Crippen LogP) is 3.98. The van der Waals surface area contributed by atoms with Crippen molar-refractivity contribution in [3.05, 3.63) is 40.4 Å². The normalized spacial score (nSPS) is 11.8. The smallest absolute Gasteiger partial charge is 0.0478 e. The van der Waals surface area contributed by atoms with Crippen LogP contribution in [0.3, 0.4) is 0 Å². The second-order valence-corrected chi connectivity index (χ2v) is 3.32. The van der Waals surface area contributed by atoms with Crippen molar-refractivity contribution in [1.82, 2.24) is 0 Å². The molecule has 0 unspecified atom stereocenters. The van der Waals surface area contributed by atoms with Crippen LogP contribution >= 0.6 is 23.2 Å². The molecule has 0 radical (unpaired) electrons. The molecule has 2 heteroatoms. The van der Waals surface area contributed by atoms with Gasteiger partial charge in [-0.2, -0.15) is 0 Å². The van der Waals surface area contributed by atoms with Crippen molar-refractivity contribution in [2.24, 2.45) is 0 Å². The summed E-state index contributed by atoms with van der Waals surface area (Å²) in [6, 6.07) is 7.71. The molecule has 0 heterocycles. The summed E-state index contributed by atoms with van der Waals surface area (Å²) in [6.07, 6.45) is 2.00. The van der Waals surface area contributed by atoms with Crippen LogP contribution in [-0.4, -0.2) is 5.88 Å². The van der Waals surface area contributed by atoms with Gasteiger partial charge in [0.2, 0.25) is 0 Å². The summed E-state index contributed by atoms with van der Waals surface area (Å²) >= 11 is 11.6. The van der Waals surface area contributed by atoms with Crippen LogP contribution in [0.1, 0.15) is 12.5 Å². The predicted molar refractivity (Wildman–Crippen MR) is 55.8 cm³/mol. The van der Waals surface area contributed by atoms with Gasteiger partial charge in [0.25, 0.3) is 0 Å². The molecule has 1 aromatic rings. The molecule has 0 aliphatic rings. The van der Waals surface area contributed by atoms with Crippen molar-refractivity contribution in [2.75, 3.05) is 5.88 Å². The van der Waals surface area contributed by atoms with Gasteiger partial charge >= 0.3 is 0 Å². The van der Waals surface area contributed by atoms with E-state index in [9.17, 15) is 0 Å². The largest absolute Gasteiger partial charge is 0.122 e. The van der Waals surface area contributed by atoms with Crippen LogP contribution in [-0.2, 0) is 0 Å². The van der Waals surface area contributed by atoms with Gasteiger partial charge < -0.3 is 0 Å². The number of rotatable bonds is 2. The number of hydrogen-bond acceptors (Lipinski definition) is 0. The number of benzene rings is 1. The molecule has 0 amide bonds. The van der Waals surface area contributed by atoms with Gasteiger partial charge in [-0.15, -0.1) is 11.6 Å². The van der Waals surface area contributed by atoms with E-state index in [1.807, 2.05) is 37.3 Å². The Morgan fingerprint density at radius 2 is 2.08 bits per heavy atom. The van der Waals surface area contributed by atoms with E-state index in [4.69, 9.17) is 23.2 Å². The van der Waals surface area contributed by atoms with Crippen molar-refractivity contribution in [1.29, 1.82) is 0 Å². The quantitative estimate of drug-likeness (QED) is 0.634. The van der Waals surface area contributed by atoms with Gasteiger partial charge in [-0.1, -0.05) is 41.4 Å². The maximum absolute atomic E-state index is 5.94. The number of alkyl halides is 1. The zero-order valence-corrected chi connectivity index (χ0v) is 8.36. The molecule has 0 saturated carbocycles. The third kappa shape index (κ3) is 2.54. The molecule has 1 aromatic carbocycles. The van der Waals surface area contributed by atoms with E-state index < -0.39 is 0 Å². The highest BCUT2D eigenvalue weighted by molar-refractivity contribution is 6.32. The maximum atomic E-state index is 5.94. The van der Waals surface area contributed by atoms with Gasteiger partial charge in [0, 0.05) is 10.9 Å². The zero-order chi connectivity index (χ0) is 8.97. The van der Waals surface area contributed by atoms with Crippen LogP contribution in [0, 0.1) is 0 Å². The highest BCUT2D eigenvalue weighted by Crippen LogP contribution is 2.18. The molecule has 0 bridgehead atoms. The maximum Gasteiger partial charge on any atom is 0.0478 e. The summed E-state index contributed by atoms with van der Waals surface area (Å²) in [5.41, 5.74) is 2.14. The Morgan fingerprint density at radius 3 is 2.67 bits per heavy atom. The lowest BCUT2D eigenvalue weighted by molar-refractivity contribution is 1.43. The molecule has 0 aliphatic carbocycles. The summed E-state index contributed by atoms with van der Waals surface area (Å²) in [4.78, 5) is 0. The molecule has 0 atom stereocenters. The zero-order valence-electron chi connectivity index (χ0n) is 6.85. The molecular formula is C10H10Cl2.